The number of rotatable bonds is 6. The molecule has 2 atom stereocenters. The molecule has 0 saturated carbocycles. The molecule has 1 fully saturated rings. The fraction of sp³-hybridized carbons (Fsp3) is 0.381. The smallest absolute Gasteiger partial charge is 0.426 e. The zero-order valence-corrected chi connectivity index (χ0v) is 17.6. The molecule has 2 aromatic carbocycles. The van der Waals surface area contributed by atoms with Crippen LogP contribution in [-0.2, 0) is 4.74 Å². The minimum atomic E-state index is -4.66. The number of ether oxygens (including phenoxy) is 1. The Balaban J connectivity index is 1.57. The van der Waals surface area contributed by atoms with Crippen LogP contribution in [0, 0.1) is 0 Å². The molecule has 1 aliphatic heterocycles. The molecule has 4 nitrogen and oxygen atoms in total. The summed E-state index contributed by atoms with van der Waals surface area (Å²) in [4.78, 5) is 14.8. The summed E-state index contributed by atoms with van der Waals surface area (Å²) in [5.74, 6) is 0. The Hall–Kier alpha value is -1.90. The third kappa shape index (κ3) is 7.11. The normalized spacial score (nSPS) is 18.6. The van der Waals surface area contributed by atoms with E-state index in [0.717, 1.165) is 17.7 Å². The highest BCUT2D eigenvalue weighted by atomic mass is 35.5. The molecule has 2 unspecified atom stereocenters. The number of nitrogens with one attached hydrogen (secondary N) is 1. The van der Waals surface area contributed by atoms with E-state index in [9.17, 15) is 18.0 Å². The summed E-state index contributed by atoms with van der Waals surface area (Å²) in [6.45, 7) is 0.665. The van der Waals surface area contributed by atoms with E-state index >= 15 is 0 Å². The van der Waals surface area contributed by atoms with E-state index in [0.29, 0.717) is 23.8 Å². The third-order valence-electron chi connectivity index (χ3n) is 4.64. The van der Waals surface area contributed by atoms with Crippen molar-refractivity contribution in [3.8, 4) is 0 Å². The Morgan fingerprint density at radius 1 is 1.20 bits per heavy atom. The first-order chi connectivity index (χ1) is 14.3. The van der Waals surface area contributed by atoms with Gasteiger partial charge in [-0.15, -0.1) is 11.8 Å². The van der Waals surface area contributed by atoms with Crippen LogP contribution in [0.25, 0.3) is 0 Å². The van der Waals surface area contributed by atoms with Crippen LogP contribution in [0.2, 0.25) is 5.02 Å². The summed E-state index contributed by atoms with van der Waals surface area (Å²) < 4.78 is 45.3. The Morgan fingerprint density at radius 2 is 1.90 bits per heavy atom. The van der Waals surface area contributed by atoms with Crippen molar-refractivity contribution in [3.63, 3.8) is 0 Å². The van der Waals surface area contributed by atoms with Gasteiger partial charge in [-0.3, -0.25) is 10.2 Å². The Labute approximate surface area is 182 Å². The molecule has 30 heavy (non-hydrogen) atoms. The van der Waals surface area contributed by atoms with E-state index in [1.54, 1.807) is 16.7 Å². The number of benzene rings is 2. The molecule has 0 aliphatic carbocycles. The van der Waals surface area contributed by atoms with Crippen LogP contribution in [0.4, 0.5) is 23.7 Å². The van der Waals surface area contributed by atoms with Gasteiger partial charge >= 0.3 is 12.3 Å². The molecule has 1 heterocycles. The Kier molecular flexibility index (Phi) is 7.91. The van der Waals surface area contributed by atoms with Gasteiger partial charge in [-0.2, -0.15) is 13.2 Å². The van der Waals surface area contributed by atoms with E-state index < -0.39 is 18.4 Å². The lowest BCUT2D eigenvalue weighted by molar-refractivity contribution is -0.207. The number of alkyl halides is 3. The fourth-order valence-corrected chi connectivity index (χ4v) is 4.61. The molecule has 0 radical (unpaired) electrons. The van der Waals surface area contributed by atoms with E-state index in [4.69, 9.17) is 16.3 Å². The molecule has 1 amide bonds. The first kappa shape index (κ1) is 22.8. The van der Waals surface area contributed by atoms with Crippen LogP contribution in [0.3, 0.4) is 0 Å². The van der Waals surface area contributed by atoms with E-state index in [2.05, 4.69) is 5.32 Å². The lowest BCUT2D eigenvalue weighted by Gasteiger charge is -2.34. The highest BCUT2D eigenvalue weighted by molar-refractivity contribution is 8.00. The maximum absolute atomic E-state index is 13.5. The number of nitrogens with zero attached hydrogens (tertiary/aromatic N) is 1. The quantitative estimate of drug-likeness (QED) is 0.570. The molecular formula is C21H22ClF3N2O2S. The minimum Gasteiger partial charge on any atom is -0.435 e. The SMILES string of the molecule is O=C(Nc1ccc(Cl)cc1)OC(CN1CCCC(Sc2ccccc2)C1)C(F)(F)F. The van der Waals surface area contributed by atoms with Crippen LogP contribution in [-0.4, -0.2) is 48.2 Å². The minimum absolute atomic E-state index is 0.193. The van der Waals surface area contributed by atoms with Gasteiger partial charge in [-0.25, -0.2) is 4.79 Å². The second-order valence-electron chi connectivity index (χ2n) is 7.02. The van der Waals surface area contributed by atoms with E-state index in [-0.39, 0.29) is 11.8 Å². The van der Waals surface area contributed by atoms with Crippen molar-refractivity contribution < 1.29 is 22.7 Å². The molecule has 162 valence electrons. The summed E-state index contributed by atoms with van der Waals surface area (Å²) in [7, 11) is 0. The highest BCUT2D eigenvalue weighted by Gasteiger charge is 2.44. The second kappa shape index (κ2) is 10.4. The van der Waals surface area contributed by atoms with Gasteiger partial charge in [0.1, 0.15) is 0 Å². The predicted octanol–water partition coefficient (Wildman–Crippen LogP) is 6.08. The van der Waals surface area contributed by atoms with Crippen LogP contribution < -0.4 is 5.32 Å². The number of halogens is 4. The lowest BCUT2D eigenvalue weighted by Crippen LogP contribution is -2.48. The Bertz CT molecular complexity index is 821. The van der Waals surface area contributed by atoms with Gasteiger partial charge in [0, 0.05) is 33.9 Å². The van der Waals surface area contributed by atoms with Gasteiger partial charge in [0.25, 0.3) is 0 Å². The molecule has 9 heteroatoms. The van der Waals surface area contributed by atoms with E-state index in [1.165, 1.54) is 24.3 Å². The van der Waals surface area contributed by atoms with Crippen molar-refractivity contribution in [2.75, 3.05) is 25.0 Å². The van der Waals surface area contributed by atoms with Gasteiger partial charge in [0.15, 0.2) is 0 Å². The maximum atomic E-state index is 13.5. The molecule has 2 aromatic rings. The van der Waals surface area contributed by atoms with Crippen molar-refractivity contribution in [2.45, 2.75) is 35.3 Å². The summed E-state index contributed by atoms with van der Waals surface area (Å²) in [5.41, 5.74) is 0.308. The average Bonchev–Trinajstić information content (AvgIpc) is 2.70. The van der Waals surface area contributed by atoms with Gasteiger partial charge in [0.05, 0.1) is 0 Å². The van der Waals surface area contributed by atoms with Crippen molar-refractivity contribution in [1.29, 1.82) is 0 Å². The molecule has 1 saturated heterocycles. The molecule has 3 rings (SSSR count). The zero-order chi connectivity index (χ0) is 21.6. The van der Waals surface area contributed by atoms with Crippen molar-refractivity contribution >= 4 is 35.1 Å². The van der Waals surface area contributed by atoms with Crippen LogP contribution >= 0.6 is 23.4 Å². The number of carbonyl (C=O) groups excluding carboxylic acids is 1. The molecule has 1 N–H and O–H groups in total. The van der Waals surface area contributed by atoms with Gasteiger partial charge < -0.3 is 4.74 Å². The molecule has 1 aliphatic rings. The van der Waals surface area contributed by atoms with Crippen molar-refractivity contribution in [3.05, 3.63) is 59.6 Å². The molecule has 0 bridgehead atoms. The largest absolute Gasteiger partial charge is 0.435 e. The predicted molar refractivity (Wildman–Crippen MR) is 113 cm³/mol. The number of hydrogen-bond donors (Lipinski definition) is 1. The number of likely N-dealkylation sites (tertiary alicyclic amines) is 1. The first-order valence-corrected chi connectivity index (χ1v) is 10.8. The number of thioether (sulfide) groups is 1. The number of hydrogen-bond acceptors (Lipinski definition) is 4. The van der Waals surface area contributed by atoms with Gasteiger partial charge in [0.2, 0.25) is 6.10 Å². The topological polar surface area (TPSA) is 41.6 Å². The van der Waals surface area contributed by atoms with Crippen LogP contribution in [0.15, 0.2) is 59.5 Å². The summed E-state index contributed by atoms with van der Waals surface area (Å²) in [5, 5.41) is 2.95. The first-order valence-electron chi connectivity index (χ1n) is 9.53. The monoisotopic (exact) mass is 458 g/mol. The van der Waals surface area contributed by atoms with Crippen molar-refractivity contribution in [1.82, 2.24) is 4.90 Å². The number of piperidine rings is 1. The molecule has 0 spiro atoms. The second-order valence-corrected chi connectivity index (χ2v) is 8.83. The fourth-order valence-electron chi connectivity index (χ4n) is 3.22. The highest BCUT2D eigenvalue weighted by Crippen LogP contribution is 2.31. The van der Waals surface area contributed by atoms with Crippen molar-refractivity contribution in [2.24, 2.45) is 0 Å². The zero-order valence-electron chi connectivity index (χ0n) is 16.1. The van der Waals surface area contributed by atoms with E-state index in [1.807, 2.05) is 30.3 Å². The summed E-state index contributed by atoms with van der Waals surface area (Å²) in [6.07, 6.45) is -6.27. The van der Waals surface area contributed by atoms with Gasteiger partial charge in [-0.1, -0.05) is 29.8 Å². The maximum Gasteiger partial charge on any atom is 0.426 e. The average molecular weight is 459 g/mol. The summed E-state index contributed by atoms with van der Waals surface area (Å²) in [6, 6.07) is 15.8. The number of carbonyl (C=O) groups is 1. The third-order valence-corrected chi connectivity index (χ3v) is 6.15. The molecular weight excluding hydrogens is 437 g/mol. The van der Waals surface area contributed by atoms with Gasteiger partial charge in [-0.05, 0) is 55.8 Å². The number of anilines is 1. The Morgan fingerprint density at radius 3 is 2.57 bits per heavy atom. The van der Waals surface area contributed by atoms with Crippen LogP contribution in [0.1, 0.15) is 12.8 Å². The standard InChI is InChI=1S/C21H22ClF3N2O2S/c22-15-8-10-16(11-9-15)26-20(28)29-19(21(23,24)25)14-27-12-4-7-18(13-27)30-17-5-2-1-3-6-17/h1-3,5-6,8-11,18-19H,4,7,12-14H2,(H,26,28). The molecule has 0 aromatic heterocycles. The summed E-state index contributed by atoms with van der Waals surface area (Å²) >= 11 is 7.43. The lowest BCUT2D eigenvalue weighted by atomic mass is 10.1. The van der Waals surface area contributed by atoms with Crippen LogP contribution in [0.5, 0.6) is 0 Å². The number of amides is 1.